The van der Waals surface area contributed by atoms with Crippen LogP contribution in [0.15, 0.2) is 95.3 Å². The molecule has 5 rings (SSSR count). The molecule has 2 heterocycles. The molecule has 198 valence electrons. The summed E-state index contributed by atoms with van der Waals surface area (Å²) >= 11 is 1.29. The van der Waals surface area contributed by atoms with Gasteiger partial charge in [-0.05, 0) is 43.0 Å². The maximum Gasteiger partial charge on any atom is 0.255 e. The highest BCUT2D eigenvalue weighted by Crippen LogP contribution is 2.37. The minimum absolute atomic E-state index is 0.0128. The molecule has 0 bridgehead atoms. The molecular formula is C31H31N5O2S. The van der Waals surface area contributed by atoms with Crippen molar-refractivity contribution in [2.24, 2.45) is 0 Å². The van der Waals surface area contributed by atoms with E-state index in [1.165, 1.54) is 17.3 Å². The number of amides is 1. The number of carbonyl (C=O) groups excluding carboxylic acids is 2. The molecule has 1 aromatic heterocycles. The Morgan fingerprint density at radius 1 is 0.974 bits per heavy atom. The third kappa shape index (κ3) is 5.81. The lowest BCUT2D eigenvalue weighted by Gasteiger charge is -2.29. The average Bonchev–Trinajstić information content (AvgIpc) is 3.34. The highest BCUT2D eigenvalue weighted by Gasteiger charge is 2.34. The summed E-state index contributed by atoms with van der Waals surface area (Å²) in [7, 11) is 0. The van der Waals surface area contributed by atoms with E-state index in [4.69, 9.17) is 5.10 Å². The molecule has 4 aromatic rings. The number of aryl methyl sites for hydroxylation is 1. The van der Waals surface area contributed by atoms with Crippen LogP contribution in [0.2, 0.25) is 0 Å². The van der Waals surface area contributed by atoms with Gasteiger partial charge in [0.1, 0.15) is 6.04 Å². The molecule has 8 heteroatoms. The van der Waals surface area contributed by atoms with Gasteiger partial charge in [-0.2, -0.15) is 4.98 Å². The predicted octanol–water partition coefficient (Wildman–Crippen LogP) is 6.61. The number of nitrogens with zero attached hydrogens (tertiary/aromatic N) is 3. The summed E-state index contributed by atoms with van der Waals surface area (Å²) in [5, 5.41) is 11.5. The fourth-order valence-electron chi connectivity index (χ4n) is 4.53. The number of thioether (sulfide) groups is 1. The van der Waals surface area contributed by atoms with E-state index in [2.05, 4.69) is 41.6 Å². The topological polar surface area (TPSA) is 88.9 Å². The van der Waals surface area contributed by atoms with Crippen LogP contribution in [0.5, 0.6) is 0 Å². The zero-order valence-electron chi connectivity index (χ0n) is 22.4. The van der Waals surface area contributed by atoms with Crippen molar-refractivity contribution < 1.29 is 9.59 Å². The van der Waals surface area contributed by atoms with Crippen LogP contribution in [0.1, 0.15) is 59.8 Å². The maximum absolute atomic E-state index is 13.6. The highest BCUT2D eigenvalue weighted by atomic mass is 32.2. The van der Waals surface area contributed by atoms with E-state index < -0.39 is 6.04 Å². The van der Waals surface area contributed by atoms with Crippen molar-refractivity contribution in [1.29, 1.82) is 0 Å². The molecule has 3 aromatic carbocycles. The Kier molecular flexibility index (Phi) is 7.65. The van der Waals surface area contributed by atoms with Crippen molar-refractivity contribution >= 4 is 35.1 Å². The first-order chi connectivity index (χ1) is 18.8. The fraction of sp³-hybridized carbons (Fsp3) is 0.226. The Bertz CT molecular complexity index is 1520. The van der Waals surface area contributed by atoms with Crippen LogP contribution in [0.3, 0.4) is 0 Å². The Morgan fingerprint density at radius 3 is 2.33 bits per heavy atom. The summed E-state index contributed by atoms with van der Waals surface area (Å²) in [6, 6.07) is 24.7. The van der Waals surface area contributed by atoms with Gasteiger partial charge in [0.25, 0.3) is 5.91 Å². The van der Waals surface area contributed by atoms with Gasteiger partial charge in [0.05, 0.1) is 11.3 Å². The number of carbonyl (C=O) groups is 2. The maximum atomic E-state index is 13.6. The first-order valence-electron chi connectivity index (χ1n) is 12.9. The predicted molar refractivity (Wildman–Crippen MR) is 156 cm³/mol. The van der Waals surface area contributed by atoms with E-state index in [1.807, 2.05) is 80.6 Å². The number of rotatable bonds is 8. The molecule has 1 amide bonds. The van der Waals surface area contributed by atoms with Gasteiger partial charge in [-0.1, -0.05) is 97.9 Å². The van der Waals surface area contributed by atoms with Crippen molar-refractivity contribution in [3.05, 3.63) is 112 Å². The van der Waals surface area contributed by atoms with E-state index in [0.717, 1.165) is 11.1 Å². The monoisotopic (exact) mass is 537 g/mol. The Morgan fingerprint density at radius 2 is 1.67 bits per heavy atom. The molecule has 2 N–H and O–H groups in total. The Labute approximate surface area is 232 Å². The normalized spacial score (nSPS) is 14.6. The van der Waals surface area contributed by atoms with Gasteiger partial charge in [0, 0.05) is 16.9 Å². The summed E-state index contributed by atoms with van der Waals surface area (Å²) in [4.78, 5) is 31.0. The molecule has 0 aliphatic carbocycles. The van der Waals surface area contributed by atoms with Gasteiger partial charge in [-0.15, -0.1) is 5.10 Å². The van der Waals surface area contributed by atoms with E-state index in [1.54, 1.807) is 4.68 Å². The van der Waals surface area contributed by atoms with Crippen LogP contribution in [-0.4, -0.2) is 32.2 Å². The second-order valence-electron chi connectivity index (χ2n) is 9.95. The smallest absolute Gasteiger partial charge is 0.255 e. The van der Waals surface area contributed by atoms with E-state index >= 15 is 0 Å². The second kappa shape index (κ2) is 11.3. The molecule has 0 spiro atoms. The number of para-hydroxylation sites is 1. The van der Waals surface area contributed by atoms with Gasteiger partial charge in [0.2, 0.25) is 11.1 Å². The summed E-state index contributed by atoms with van der Waals surface area (Å²) in [6.07, 6.45) is 0. The van der Waals surface area contributed by atoms with E-state index in [-0.39, 0.29) is 17.4 Å². The number of ketones is 1. The zero-order chi connectivity index (χ0) is 27.5. The summed E-state index contributed by atoms with van der Waals surface area (Å²) in [5.74, 6) is 0.939. The number of fused-ring (bicyclic) bond motifs is 1. The molecule has 1 unspecified atom stereocenters. The van der Waals surface area contributed by atoms with E-state index in [9.17, 15) is 9.59 Å². The van der Waals surface area contributed by atoms with Gasteiger partial charge < -0.3 is 10.6 Å². The number of allylic oxidation sites excluding steroid dienone is 1. The number of hydrogen-bond acceptors (Lipinski definition) is 6. The lowest BCUT2D eigenvalue weighted by Crippen LogP contribution is -2.31. The zero-order valence-corrected chi connectivity index (χ0v) is 23.3. The molecule has 0 saturated heterocycles. The average molecular weight is 538 g/mol. The third-order valence-electron chi connectivity index (χ3n) is 6.73. The van der Waals surface area contributed by atoms with Crippen LogP contribution >= 0.6 is 11.8 Å². The number of nitrogens with one attached hydrogen (secondary N) is 2. The van der Waals surface area contributed by atoms with Crippen molar-refractivity contribution in [2.75, 3.05) is 16.4 Å². The van der Waals surface area contributed by atoms with Crippen LogP contribution in [0.25, 0.3) is 0 Å². The fourth-order valence-corrected chi connectivity index (χ4v) is 5.25. The summed E-state index contributed by atoms with van der Waals surface area (Å²) in [5.41, 5.74) is 5.89. The van der Waals surface area contributed by atoms with Crippen LogP contribution in [0, 0.1) is 6.92 Å². The van der Waals surface area contributed by atoms with Crippen molar-refractivity contribution in [3.63, 3.8) is 0 Å². The van der Waals surface area contributed by atoms with Gasteiger partial charge in [-0.3, -0.25) is 9.59 Å². The molecule has 0 radical (unpaired) electrons. The Hall–Kier alpha value is -4.17. The largest absolute Gasteiger partial charge is 0.328 e. The number of benzene rings is 3. The summed E-state index contributed by atoms with van der Waals surface area (Å²) < 4.78 is 1.75. The Balaban J connectivity index is 1.46. The van der Waals surface area contributed by atoms with Crippen LogP contribution in [-0.2, 0) is 4.79 Å². The van der Waals surface area contributed by atoms with Gasteiger partial charge in [-0.25, -0.2) is 4.68 Å². The number of Topliss-reactive ketones (excluding diaryl/α,β-unsaturated/α-hetero) is 1. The molecule has 7 nitrogen and oxygen atoms in total. The molecule has 39 heavy (non-hydrogen) atoms. The SMILES string of the molecule is CC1=C(C(=O)Nc2ccccc2)C(c2ccc(C(C)C)cc2)n2nc(SCC(=O)c3ccc(C)cc3)nc2N1. The quantitative estimate of drug-likeness (QED) is 0.194. The molecule has 0 fully saturated rings. The summed E-state index contributed by atoms with van der Waals surface area (Å²) in [6.45, 7) is 8.17. The number of aromatic nitrogens is 3. The van der Waals surface area contributed by atoms with Crippen molar-refractivity contribution in [3.8, 4) is 0 Å². The van der Waals surface area contributed by atoms with Crippen molar-refractivity contribution in [1.82, 2.24) is 14.8 Å². The van der Waals surface area contributed by atoms with Gasteiger partial charge >= 0.3 is 0 Å². The molecule has 1 aliphatic rings. The van der Waals surface area contributed by atoms with Crippen LogP contribution < -0.4 is 10.6 Å². The minimum atomic E-state index is -0.485. The van der Waals surface area contributed by atoms with Crippen molar-refractivity contribution in [2.45, 2.75) is 44.8 Å². The van der Waals surface area contributed by atoms with Crippen LogP contribution in [0.4, 0.5) is 11.6 Å². The number of hydrogen-bond donors (Lipinski definition) is 2. The molecule has 1 atom stereocenters. The molecule has 1 aliphatic heterocycles. The minimum Gasteiger partial charge on any atom is -0.328 e. The van der Waals surface area contributed by atoms with E-state index in [0.29, 0.717) is 39.5 Å². The number of anilines is 2. The third-order valence-corrected chi connectivity index (χ3v) is 7.57. The first kappa shape index (κ1) is 26.4. The standard InChI is InChI=1S/C31H31N5O2S/c1-19(2)22-14-16-24(17-15-22)28-27(29(38)33-25-8-6-5-7-9-25)21(4)32-30-34-31(35-36(28)30)39-18-26(37)23-12-10-20(3)11-13-23/h5-17,19,28H,18H2,1-4H3,(H,33,38)(H,32,34,35). The lowest BCUT2D eigenvalue weighted by atomic mass is 9.93. The van der Waals surface area contributed by atoms with Gasteiger partial charge in [0.15, 0.2) is 5.78 Å². The molecule has 0 saturated carbocycles. The molecular weight excluding hydrogens is 506 g/mol. The lowest BCUT2D eigenvalue weighted by molar-refractivity contribution is -0.113. The first-order valence-corrected chi connectivity index (χ1v) is 13.9. The second-order valence-corrected chi connectivity index (χ2v) is 10.9. The highest BCUT2D eigenvalue weighted by molar-refractivity contribution is 7.99.